The Morgan fingerprint density at radius 3 is 2.63 bits per heavy atom. The molecule has 1 saturated heterocycles. The summed E-state index contributed by atoms with van der Waals surface area (Å²) in [7, 11) is -4.00. The molecule has 9 heteroatoms. The van der Waals surface area contributed by atoms with Crippen LogP contribution in [0.1, 0.15) is 76.8 Å². The number of rotatable bonds is 10. The highest BCUT2D eigenvalue weighted by Crippen LogP contribution is 2.45. The summed E-state index contributed by atoms with van der Waals surface area (Å²) < 4.78 is 43.8. The monoisotopic (exact) mass is 588 g/mol. The third-order valence-electron chi connectivity index (χ3n) is 8.93. The first kappa shape index (κ1) is 31.4. The average molecular weight is 589 g/mol. The lowest BCUT2D eigenvalue weighted by Crippen LogP contribution is -2.43. The molecule has 0 bridgehead atoms. The van der Waals surface area contributed by atoms with Crippen molar-refractivity contribution < 1.29 is 36.8 Å². The number of aryl methyl sites for hydroxylation is 2. The Balaban J connectivity index is 1.59. The number of carbonyl (C=O) groups is 2. The molecular weight excluding hydrogens is 544 g/mol. The quantitative estimate of drug-likeness (QED) is 0.288. The molecule has 0 aromatic heterocycles. The number of hydrogen-bond donors (Lipinski definition) is 1. The molecule has 0 radical (unpaired) electrons. The molecule has 1 aliphatic heterocycles. The molecule has 0 spiro atoms. The molecule has 3 aliphatic rings. The van der Waals surface area contributed by atoms with E-state index in [9.17, 15) is 23.1 Å². The van der Waals surface area contributed by atoms with Gasteiger partial charge in [0.05, 0.1) is 29.4 Å². The Bertz CT molecular complexity index is 1290. The van der Waals surface area contributed by atoms with Crippen LogP contribution in [0.25, 0.3) is 0 Å². The first-order valence-corrected chi connectivity index (χ1v) is 16.1. The topological polar surface area (TPSA) is 116 Å². The van der Waals surface area contributed by atoms with Crippen LogP contribution in [0.5, 0.6) is 0 Å². The van der Waals surface area contributed by atoms with Crippen molar-refractivity contribution in [1.82, 2.24) is 0 Å². The number of ether oxygens (including phenoxy) is 2. The molecule has 0 saturated carbocycles. The van der Waals surface area contributed by atoms with Gasteiger partial charge in [0.25, 0.3) is 10.1 Å². The number of benzene rings is 1. The first-order chi connectivity index (χ1) is 19.3. The van der Waals surface area contributed by atoms with Gasteiger partial charge in [0.1, 0.15) is 12.2 Å². The molecule has 2 aliphatic carbocycles. The van der Waals surface area contributed by atoms with Crippen LogP contribution in [-0.4, -0.2) is 50.4 Å². The number of aliphatic hydroxyl groups excluding tert-OH is 1. The Hall–Kier alpha value is -2.49. The van der Waals surface area contributed by atoms with Crippen molar-refractivity contribution in [3.63, 3.8) is 0 Å². The molecule has 4 rings (SSSR count). The predicted molar refractivity (Wildman–Crippen MR) is 154 cm³/mol. The van der Waals surface area contributed by atoms with E-state index in [-0.39, 0.29) is 47.8 Å². The largest absolute Gasteiger partial charge is 0.462 e. The van der Waals surface area contributed by atoms with E-state index in [0.717, 1.165) is 17.6 Å². The Labute approximate surface area is 244 Å². The molecule has 8 nitrogen and oxygen atoms in total. The lowest BCUT2D eigenvalue weighted by molar-refractivity contribution is -0.165. The number of esters is 2. The van der Waals surface area contributed by atoms with Crippen molar-refractivity contribution in [3.8, 4) is 0 Å². The first-order valence-electron chi connectivity index (χ1n) is 14.7. The number of fused-ring (bicyclic) bond motifs is 1. The number of carbonyl (C=O) groups excluding carboxylic acids is 2. The SMILES string of the molecule is CCC(C)(C)C(=O)O[C@H]1CCC=C2C=C[C@H](COS(=O)(=O)c3ccc(C)cc3C)[C@H](CC[C@@H]3C[C@@H](O)CC(=O)O3)[C@H]21. The standard InChI is InChI=1S/C32H44O8S/c1-6-32(4,5)31(35)40-27-9-7-8-22-11-12-23(19-38-41(36,37)28-15-10-20(2)16-21(28)3)26(30(22)27)14-13-25-17-24(33)18-29(34)39-25/h8,10-12,15-16,23-27,30,33H,6-7,9,13-14,17-19H2,1-5H3/t23-,24-,25-,26+,27+,30+/m1/s1. The molecule has 6 atom stereocenters. The summed E-state index contributed by atoms with van der Waals surface area (Å²) in [6, 6.07) is 5.14. The third kappa shape index (κ3) is 7.48. The van der Waals surface area contributed by atoms with Gasteiger partial charge >= 0.3 is 11.9 Å². The second-order valence-corrected chi connectivity index (χ2v) is 14.0. The average Bonchev–Trinajstić information content (AvgIpc) is 2.90. The van der Waals surface area contributed by atoms with E-state index in [4.69, 9.17) is 13.7 Å². The highest BCUT2D eigenvalue weighted by molar-refractivity contribution is 7.86. The van der Waals surface area contributed by atoms with Gasteiger partial charge in [-0.2, -0.15) is 8.42 Å². The summed E-state index contributed by atoms with van der Waals surface area (Å²) in [4.78, 5) is 25.2. The second-order valence-electron chi connectivity index (χ2n) is 12.5. The van der Waals surface area contributed by atoms with Crippen molar-refractivity contribution in [2.45, 2.75) is 103 Å². The minimum Gasteiger partial charge on any atom is -0.462 e. The molecule has 1 aromatic rings. The van der Waals surface area contributed by atoms with Crippen LogP contribution in [-0.2, 0) is 33.4 Å². The van der Waals surface area contributed by atoms with Gasteiger partial charge in [-0.15, -0.1) is 0 Å². The molecule has 1 fully saturated rings. The van der Waals surface area contributed by atoms with E-state index >= 15 is 0 Å². The zero-order valence-electron chi connectivity index (χ0n) is 24.8. The normalized spacial score (nSPS) is 28.4. The van der Waals surface area contributed by atoms with Gasteiger partial charge in [-0.3, -0.25) is 13.8 Å². The van der Waals surface area contributed by atoms with Gasteiger partial charge in [-0.05, 0) is 82.9 Å². The number of cyclic esters (lactones) is 1. The summed E-state index contributed by atoms with van der Waals surface area (Å²) >= 11 is 0. The van der Waals surface area contributed by atoms with Gasteiger partial charge < -0.3 is 14.6 Å². The molecule has 1 N–H and O–H groups in total. The van der Waals surface area contributed by atoms with E-state index in [1.807, 2.05) is 45.9 Å². The fourth-order valence-corrected chi connectivity index (χ4v) is 7.32. The van der Waals surface area contributed by atoms with E-state index in [1.54, 1.807) is 19.1 Å². The fourth-order valence-electron chi connectivity index (χ4n) is 6.16. The minimum atomic E-state index is -4.00. The second kappa shape index (κ2) is 12.8. The molecule has 0 amide bonds. The maximum absolute atomic E-state index is 13.2. The van der Waals surface area contributed by atoms with Crippen LogP contribution in [0, 0.1) is 37.0 Å². The highest BCUT2D eigenvalue weighted by Gasteiger charge is 2.43. The van der Waals surface area contributed by atoms with Crippen molar-refractivity contribution >= 4 is 22.1 Å². The summed E-state index contributed by atoms with van der Waals surface area (Å²) in [6.45, 7) is 9.32. The third-order valence-corrected chi connectivity index (χ3v) is 10.4. The van der Waals surface area contributed by atoms with Crippen molar-refractivity contribution in [2.24, 2.45) is 23.2 Å². The van der Waals surface area contributed by atoms with Gasteiger partial charge in [0.2, 0.25) is 0 Å². The van der Waals surface area contributed by atoms with Crippen LogP contribution in [0.15, 0.2) is 46.9 Å². The van der Waals surface area contributed by atoms with Gasteiger partial charge in [0.15, 0.2) is 0 Å². The van der Waals surface area contributed by atoms with Crippen LogP contribution in [0.2, 0.25) is 0 Å². The molecule has 226 valence electrons. The van der Waals surface area contributed by atoms with Gasteiger partial charge in [-0.25, -0.2) is 0 Å². The number of hydrogen-bond acceptors (Lipinski definition) is 8. The maximum atomic E-state index is 13.2. The smallest absolute Gasteiger partial charge is 0.311 e. The highest BCUT2D eigenvalue weighted by atomic mass is 32.2. The lowest BCUT2D eigenvalue weighted by atomic mass is 9.66. The van der Waals surface area contributed by atoms with Crippen molar-refractivity contribution in [1.29, 1.82) is 0 Å². The van der Waals surface area contributed by atoms with E-state index in [1.165, 1.54) is 0 Å². The molecule has 1 aromatic carbocycles. The van der Waals surface area contributed by atoms with Crippen LogP contribution < -0.4 is 0 Å². The molecule has 41 heavy (non-hydrogen) atoms. The lowest BCUT2D eigenvalue weighted by Gasteiger charge is -2.43. The summed E-state index contributed by atoms with van der Waals surface area (Å²) in [6.07, 6.45) is 8.21. The Kier molecular flexibility index (Phi) is 9.81. The predicted octanol–water partition coefficient (Wildman–Crippen LogP) is 5.34. The van der Waals surface area contributed by atoms with E-state index < -0.39 is 33.7 Å². The van der Waals surface area contributed by atoms with E-state index in [2.05, 4.69) is 6.08 Å². The fraction of sp³-hybridized carbons (Fsp3) is 0.625. The van der Waals surface area contributed by atoms with E-state index in [0.29, 0.717) is 37.7 Å². The Morgan fingerprint density at radius 2 is 1.95 bits per heavy atom. The zero-order valence-corrected chi connectivity index (χ0v) is 25.6. The van der Waals surface area contributed by atoms with Crippen molar-refractivity contribution in [3.05, 3.63) is 53.1 Å². The summed E-state index contributed by atoms with van der Waals surface area (Å²) in [5.41, 5.74) is 2.05. The van der Waals surface area contributed by atoms with Crippen LogP contribution in [0.3, 0.4) is 0 Å². The number of aliphatic hydroxyl groups is 1. The van der Waals surface area contributed by atoms with Gasteiger partial charge in [0, 0.05) is 18.3 Å². The van der Waals surface area contributed by atoms with Crippen molar-refractivity contribution in [2.75, 3.05) is 6.61 Å². The molecule has 0 unspecified atom stereocenters. The molecular formula is C32H44O8S. The minimum absolute atomic E-state index is 0.00380. The van der Waals surface area contributed by atoms with Crippen LogP contribution >= 0.6 is 0 Å². The zero-order chi connectivity index (χ0) is 29.9. The summed E-state index contributed by atoms with van der Waals surface area (Å²) in [5.74, 6) is -1.20. The molecule has 1 heterocycles. The maximum Gasteiger partial charge on any atom is 0.311 e. The van der Waals surface area contributed by atoms with Crippen LogP contribution in [0.4, 0.5) is 0 Å². The van der Waals surface area contributed by atoms with Gasteiger partial charge in [-0.1, -0.05) is 42.8 Å². The number of allylic oxidation sites excluding steroid dienone is 2. The summed E-state index contributed by atoms with van der Waals surface area (Å²) in [5, 5.41) is 10.1. The Morgan fingerprint density at radius 1 is 1.20 bits per heavy atom.